The number of anilines is 1. The molecule has 1 N–H and O–H groups in total. The summed E-state index contributed by atoms with van der Waals surface area (Å²) in [5.74, 6) is -0.392. The topological polar surface area (TPSA) is 59.1 Å². The van der Waals surface area contributed by atoms with Crippen LogP contribution in [0.4, 0.5) is 10.1 Å². The van der Waals surface area contributed by atoms with Crippen LogP contribution in [0.2, 0.25) is 5.15 Å². The van der Waals surface area contributed by atoms with Gasteiger partial charge in [-0.1, -0.05) is 11.6 Å². The molecular formula is C12H10ClFN2O2S. The van der Waals surface area contributed by atoms with Gasteiger partial charge < -0.3 is 0 Å². The molecule has 0 radical (unpaired) electrons. The standard InChI is InChI=1S/C12H10ClFN2O2S/c1-8-6-9(2-4-11(8)14)16-19(17,18)10-3-5-12(13)15-7-10/h2-7,16H,1H3. The zero-order valence-corrected chi connectivity index (χ0v) is 11.5. The molecule has 0 unspecified atom stereocenters. The lowest BCUT2D eigenvalue weighted by molar-refractivity contribution is 0.600. The van der Waals surface area contributed by atoms with Crippen LogP contribution in [-0.4, -0.2) is 13.4 Å². The van der Waals surface area contributed by atoms with Crippen LogP contribution in [0.15, 0.2) is 41.4 Å². The fourth-order valence-electron chi connectivity index (χ4n) is 1.44. The molecule has 0 amide bonds. The van der Waals surface area contributed by atoms with Gasteiger partial charge in [0.05, 0.1) is 0 Å². The molecule has 0 fully saturated rings. The Morgan fingerprint density at radius 3 is 2.58 bits per heavy atom. The van der Waals surface area contributed by atoms with Crippen LogP contribution in [0.1, 0.15) is 5.56 Å². The van der Waals surface area contributed by atoms with Gasteiger partial charge in [-0.2, -0.15) is 0 Å². The summed E-state index contributed by atoms with van der Waals surface area (Å²) in [7, 11) is -3.75. The van der Waals surface area contributed by atoms with E-state index >= 15 is 0 Å². The summed E-state index contributed by atoms with van der Waals surface area (Å²) in [6, 6.07) is 6.69. The average molecular weight is 301 g/mol. The molecule has 4 nitrogen and oxygen atoms in total. The number of halogens is 2. The third-order valence-corrected chi connectivity index (χ3v) is 4.01. The Balaban J connectivity index is 2.30. The molecule has 7 heteroatoms. The van der Waals surface area contributed by atoms with Crippen LogP contribution in [-0.2, 0) is 10.0 Å². The summed E-state index contributed by atoms with van der Waals surface area (Å²) in [6.45, 7) is 1.55. The SMILES string of the molecule is Cc1cc(NS(=O)(=O)c2ccc(Cl)nc2)ccc1F. The Morgan fingerprint density at radius 1 is 1.26 bits per heavy atom. The van der Waals surface area contributed by atoms with Crippen molar-refractivity contribution in [3.8, 4) is 0 Å². The lowest BCUT2D eigenvalue weighted by Gasteiger charge is -2.08. The number of rotatable bonds is 3. The number of nitrogens with zero attached hydrogens (tertiary/aromatic N) is 1. The van der Waals surface area contributed by atoms with Crippen LogP contribution in [0.5, 0.6) is 0 Å². The zero-order chi connectivity index (χ0) is 14.0. The summed E-state index contributed by atoms with van der Waals surface area (Å²) >= 11 is 5.59. The van der Waals surface area contributed by atoms with Crippen molar-refractivity contribution in [1.82, 2.24) is 4.98 Å². The second-order valence-corrected chi connectivity index (χ2v) is 5.96. The number of aryl methyl sites for hydroxylation is 1. The predicted molar refractivity (Wildman–Crippen MR) is 71.2 cm³/mol. The van der Waals surface area contributed by atoms with Crippen molar-refractivity contribution in [2.45, 2.75) is 11.8 Å². The normalized spacial score (nSPS) is 11.3. The number of sulfonamides is 1. The van der Waals surface area contributed by atoms with Crippen LogP contribution in [0.3, 0.4) is 0 Å². The minimum Gasteiger partial charge on any atom is -0.280 e. The quantitative estimate of drug-likeness (QED) is 0.887. The van der Waals surface area contributed by atoms with Gasteiger partial charge in [0.1, 0.15) is 15.9 Å². The number of pyridine rings is 1. The molecule has 1 aromatic carbocycles. The van der Waals surface area contributed by atoms with E-state index < -0.39 is 15.8 Å². The fraction of sp³-hybridized carbons (Fsp3) is 0.0833. The molecule has 0 spiro atoms. The van der Waals surface area contributed by atoms with Gasteiger partial charge in [-0.25, -0.2) is 17.8 Å². The molecule has 2 aromatic rings. The lowest BCUT2D eigenvalue weighted by Crippen LogP contribution is -2.13. The second-order valence-electron chi connectivity index (χ2n) is 3.89. The summed E-state index contributed by atoms with van der Waals surface area (Å²) < 4.78 is 39.5. The highest BCUT2D eigenvalue weighted by Crippen LogP contribution is 2.18. The Kier molecular flexibility index (Phi) is 3.73. The monoisotopic (exact) mass is 300 g/mol. The predicted octanol–water partition coefficient (Wildman–Crippen LogP) is 2.98. The molecule has 0 saturated carbocycles. The van der Waals surface area contributed by atoms with Crippen molar-refractivity contribution in [3.63, 3.8) is 0 Å². The Morgan fingerprint density at radius 2 is 2.00 bits per heavy atom. The van der Waals surface area contributed by atoms with Crippen molar-refractivity contribution in [3.05, 3.63) is 53.1 Å². The van der Waals surface area contributed by atoms with E-state index in [0.29, 0.717) is 5.56 Å². The molecule has 0 aliphatic carbocycles. The van der Waals surface area contributed by atoms with Crippen LogP contribution in [0.25, 0.3) is 0 Å². The van der Waals surface area contributed by atoms with E-state index in [1.807, 2.05) is 0 Å². The largest absolute Gasteiger partial charge is 0.280 e. The van der Waals surface area contributed by atoms with E-state index in [4.69, 9.17) is 11.6 Å². The number of nitrogens with one attached hydrogen (secondary N) is 1. The molecule has 0 aliphatic heterocycles. The first-order valence-electron chi connectivity index (χ1n) is 5.29. The first-order chi connectivity index (χ1) is 8.88. The molecule has 1 heterocycles. The molecule has 100 valence electrons. The second kappa shape index (κ2) is 5.14. The van der Waals surface area contributed by atoms with Gasteiger partial charge in [0.2, 0.25) is 0 Å². The molecule has 0 bridgehead atoms. The van der Waals surface area contributed by atoms with Crippen LogP contribution in [0, 0.1) is 12.7 Å². The van der Waals surface area contributed by atoms with Crippen molar-refractivity contribution in [2.75, 3.05) is 4.72 Å². The van der Waals surface area contributed by atoms with Gasteiger partial charge in [-0.3, -0.25) is 4.72 Å². The number of hydrogen-bond donors (Lipinski definition) is 1. The van der Waals surface area contributed by atoms with Crippen molar-refractivity contribution >= 4 is 27.3 Å². The minimum absolute atomic E-state index is 0.0149. The van der Waals surface area contributed by atoms with Crippen LogP contribution >= 0.6 is 11.6 Å². The van der Waals surface area contributed by atoms with Gasteiger partial charge in [-0.05, 0) is 42.8 Å². The molecule has 0 atom stereocenters. The first-order valence-corrected chi connectivity index (χ1v) is 7.15. The van der Waals surface area contributed by atoms with E-state index in [1.54, 1.807) is 6.92 Å². The van der Waals surface area contributed by atoms with Crippen molar-refractivity contribution in [2.24, 2.45) is 0 Å². The maximum Gasteiger partial charge on any atom is 0.263 e. The van der Waals surface area contributed by atoms with Gasteiger partial charge in [0.15, 0.2) is 0 Å². The van der Waals surface area contributed by atoms with Crippen LogP contribution < -0.4 is 4.72 Å². The smallest absolute Gasteiger partial charge is 0.263 e. The molecule has 0 saturated heterocycles. The number of benzene rings is 1. The third-order valence-electron chi connectivity index (χ3n) is 2.42. The number of aromatic nitrogens is 1. The van der Waals surface area contributed by atoms with Gasteiger partial charge in [0.25, 0.3) is 10.0 Å². The average Bonchev–Trinajstić information content (AvgIpc) is 2.34. The van der Waals surface area contributed by atoms with Gasteiger partial charge in [-0.15, -0.1) is 0 Å². The Labute approximate surface area is 115 Å². The van der Waals surface area contributed by atoms with E-state index in [1.165, 1.54) is 30.3 Å². The third kappa shape index (κ3) is 3.21. The summed E-state index contributed by atoms with van der Waals surface area (Å²) in [5, 5.41) is 0.205. The highest BCUT2D eigenvalue weighted by Gasteiger charge is 2.15. The summed E-state index contributed by atoms with van der Waals surface area (Å²) in [4.78, 5) is 3.69. The van der Waals surface area contributed by atoms with Gasteiger partial charge in [0, 0.05) is 11.9 Å². The maximum atomic E-state index is 13.1. The highest BCUT2D eigenvalue weighted by molar-refractivity contribution is 7.92. The van der Waals surface area contributed by atoms with Crippen molar-refractivity contribution in [1.29, 1.82) is 0 Å². The summed E-state index contributed by atoms with van der Waals surface area (Å²) in [5.41, 5.74) is 0.642. The fourth-order valence-corrected chi connectivity index (χ4v) is 2.55. The molecule has 19 heavy (non-hydrogen) atoms. The number of hydrogen-bond acceptors (Lipinski definition) is 3. The van der Waals surface area contributed by atoms with Gasteiger partial charge >= 0.3 is 0 Å². The van der Waals surface area contributed by atoms with E-state index in [-0.39, 0.29) is 15.7 Å². The molecule has 2 rings (SSSR count). The minimum atomic E-state index is -3.75. The molecule has 0 aliphatic rings. The summed E-state index contributed by atoms with van der Waals surface area (Å²) in [6.07, 6.45) is 1.15. The lowest BCUT2D eigenvalue weighted by atomic mass is 10.2. The maximum absolute atomic E-state index is 13.1. The van der Waals surface area contributed by atoms with E-state index in [2.05, 4.69) is 9.71 Å². The first kappa shape index (κ1) is 13.8. The van der Waals surface area contributed by atoms with E-state index in [0.717, 1.165) is 6.20 Å². The molecule has 1 aromatic heterocycles. The Hall–Kier alpha value is -1.66. The zero-order valence-electron chi connectivity index (χ0n) is 9.89. The van der Waals surface area contributed by atoms with E-state index in [9.17, 15) is 12.8 Å². The Bertz CT molecular complexity index is 702. The molecular weight excluding hydrogens is 291 g/mol. The highest BCUT2D eigenvalue weighted by atomic mass is 35.5. The van der Waals surface area contributed by atoms with Crippen molar-refractivity contribution < 1.29 is 12.8 Å².